The zero-order chi connectivity index (χ0) is 16.1. The minimum absolute atomic E-state index is 0.116. The van der Waals surface area contributed by atoms with E-state index in [1.54, 1.807) is 12.4 Å². The van der Waals surface area contributed by atoms with E-state index in [9.17, 15) is 9.18 Å². The van der Waals surface area contributed by atoms with Crippen molar-refractivity contribution in [3.8, 4) is 11.3 Å². The van der Waals surface area contributed by atoms with Gasteiger partial charge in [-0.15, -0.1) is 11.3 Å². The van der Waals surface area contributed by atoms with E-state index in [4.69, 9.17) is 0 Å². The molecular formula is C17H14FN3OS. The molecule has 6 heteroatoms. The van der Waals surface area contributed by atoms with Crippen LogP contribution in [0.25, 0.3) is 11.3 Å². The van der Waals surface area contributed by atoms with Crippen LogP contribution < -0.4 is 5.32 Å². The highest BCUT2D eigenvalue weighted by Gasteiger charge is 2.08. The summed E-state index contributed by atoms with van der Waals surface area (Å²) in [6, 6.07) is 9.53. The zero-order valence-electron chi connectivity index (χ0n) is 12.2. The first-order valence-corrected chi connectivity index (χ1v) is 7.99. The number of hydrogen-bond acceptors (Lipinski definition) is 4. The van der Waals surface area contributed by atoms with Crippen LogP contribution >= 0.6 is 11.3 Å². The molecule has 1 amide bonds. The fourth-order valence-corrected chi connectivity index (χ4v) is 2.86. The average Bonchev–Trinajstić information content (AvgIpc) is 3.05. The Morgan fingerprint density at radius 3 is 2.78 bits per heavy atom. The molecule has 0 atom stereocenters. The number of carbonyl (C=O) groups excluding carboxylic acids is 1. The molecule has 0 aliphatic rings. The standard InChI is InChI=1S/C17H14FN3OS/c18-13-3-5-14(6-4-13)20-16(22)7-8-17-21-15(11-23-17)12-2-1-9-19-10-12/h1-6,9-11H,7-8H2,(H,20,22). The van der Waals surface area contributed by atoms with Crippen LogP contribution in [0.4, 0.5) is 10.1 Å². The number of hydrogen-bond donors (Lipinski definition) is 1. The number of aromatic nitrogens is 2. The second-order valence-corrected chi connectivity index (χ2v) is 5.87. The van der Waals surface area contributed by atoms with Gasteiger partial charge in [0, 0.05) is 41.9 Å². The predicted octanol–water partition coefficient (Wildman–Crippen LogP) is 3.92. The Kier molecular flexibility index (Phi) is 4.73. The normalized spacial score (nSPS) is 10.5. The van der Waals surface area contributed by atoms with Crippen LogP contribution in [-0.2, 0) is 11.2 Å². The third-order valence-corrected chi connectivity index (χ3v) is 4.11. The summed E-state index contributed by atoms with van der Waals surface area (Å²) in [5, 5.41) is 5.60. The average molecular weight is 327 g/mol. The van der Waals surface area contributed by atoms with Gasteiger partial charge in [0.1, 0.15) is 5.82 Å². The number of rotatable bonds is 5. The van der Waals surface area contributed by atoms with Crippen LogP contribution in [-0.4, -0.2) is 15.9 Å². The van der Waals surface area contributed by atoms with Gasteiger partial charge >= 0.3 is 0 Å². The van der Waals surface area contributed by atoms with Gasteiger partial charge in [-0.05, 0) is 36.4 Å². The van der Waals surface area contributed by atoms with Gasteiger partial charge < -0.3 is 5.32 Å². The van der Waals surface area contributed by atoms with Crippen LogP contribution in [0.2, 0.25) is 0 Å². The molecule has 3 rings (SSSR count). The van der Waals surface area contributed by atoms with E-state index in [-0.39, 0.29) is 11.7 Å². The summed E-state index contributed by atoms with van der Waals surface area (Å²) in [6.45, 7) is 0. The fraction of sp³-hybridized carbons (Fsp3) is 0.118. The molecule has 0 aliphatic carbocycles. The molecular weight excluding hydrogens is 313 g/mol. The van der Waals surface area contributed by atoms with Crippen molar-refractivity contribution in [3.05, 3.63) is 65.0 Å². The van der Waals surface area contributed by atoms with Crippen molar-refractivity contribution >= 4 is 22.9 Å². The van der Waals surface area contributed by atoms with E-state index in [0.29, 0.717) is 18.5 Å². The highest BCUT2D eigenvalue weighted by molar-refractivity contribution is 7.09. The number of nitrogens with zero attached hydrogens (tertiary/aromatic N) is 2. The number of thiazole rings is 1. The Morgan fingerprint density at radius 2 is 2.04 bits per heavy atom. The molecule has 0 fully saturated rings. The summed E-state index contributed by atoms with van der Waals surface area (Å²) in [5.41, 5.74) is 2.43. The molecule has 1 N–H and O–H groups in total. The minimum atomic E-state index is -0.325. The van der Waals surface area contributed by atoms with Crippen molar-refractivity contribution in [1.82, 2.24) is 9.97 Å². The molecule has 3 aromatic rings. The summed E-state index contributed by atoms with van der Waals surface area (Å²) >= 11 is 1.53. The van der Waals surface area contributed by atoms with Gasteiger partial charge in [0.25, 0.3) is 0 Å². The maximum atomic E-state index is 12.8. The Morgan fingerprint density at radius 1 is 1.22 bits per heavy atom. The summed E-state index contributed by atoms with van der Waals surface area (Å²) in [6.07, 6.45) is 4.38. The van der Waals surface area contributed by atoms with Crippen LogP contribution in [0.15, 0.2) is 54.2 Å². The van der Waals surface area contributed by atoms with E-state index >= 15 is 0 Å². The zero-order valence-corrected chi connectivity index (χ0v) is 13.0. The predicted molar refractivity (Wildman–Crippen MR) is 88.7 cm³/mol. The highest BCUT2D eigenvalue weighted by Crippen LogP contribution is 2.21. The van der Waals surface area contributed by atoms with Crippen molar-refractivity contribution in [2.24, 2.45) is 0 Å². The highest BCUT2D eigenvalue weighted by atomic mass is 32.1. The summed E-state index contributed by atoms with van der Waals surface area (Å²) in [7, 11) is 0. The van der Waals surface area contributed by atoms with E-state index < -0.39 is 0 Å². The summed E-state index contributed by atoms with van der Waals surface area (Å²) in [4.78, 5) is 20.5. The molecule has 4 nitrogen and oxygen atoms in total. The van der Waals surface area contributed by atoms with Crippen molar-refractivity contribution in [2.75, 3.05) is 5.32 Å². The van der Waals surface area contributed by atoms with Gasteiger partial charge in [-0.2, -0.15) is 0 Å². The van der Waals surface area contributed by atoms with Crippen LogP contribution in [0.3, 0.4) is 0 Å². The first-order chi connectivity index (χ1) is 11.2. The van der Waals surface area contributed by atoms with E-state index in [1.807, 2.05) is 17.5 Å². The number of amides is 1. The molecule has 2 heterocycles. The van der Waals surface area contributed by atoms with Crippen molar-refractivity contribution < 1.29 is 9.18 Å². The monoisotopic (exact) mass is 327 g/mol. The van der Waals surface area contributed by atoms with Crippen molar-refractivity contribution in [2.45, 2.75) is 12.8 Å². The lowest BCUT2D eigenvalue weighted by atomic mass is 10.2. The van der Waals surface area contributed by atoms with Crippen LogP contribution in [0.5, 0.6) is 0 Å². The maximum absolute atomic E-state index is 12.8. The SMILES string of the molecule is O=C(CCc1nc(-c2cccnc2)cs1)Nc1ccc(F)cc1. The van der Waals surface area contributed by atoms with E-state index in [0.717, 1.165) is 16.3 Å². The molecule has 0 radical (unpaired) electrons. The van der Waals surface area contributed by atoms with Gasteiger partial charge in [0.15, 0.2) is 0 Å². The Bertz CT molecular complexity index is 787. The van der Waals surface area contributed by atoms with Gasteiger partial charge in [0.2, 0.25) is 5.91 Å². The summed E-state index contributed by atoms with van der Waals surface area (Å²) in [5.74, 6) is -0.441. The molecule has 0 spiro atoms. The Balaban J connectivity index is 1.55. The molecule has 1 aromatic carbocycles. The largest absolute Gasteiger partial charge is 0.326 e. The molecule has 0 unspecified atom stereocenters. The van der Waals surface area contributed by atoms with Crippen molar-refractivity contribution in [1.29, 1.82) is 0 Å². The molecule has 23 heavy (non-hydrogen) atoms. The molecule has 116 valence electrons. The lowest BCUT2D eigenvalue weighted by Crippen LogP contribution is -2.12. The third kappa shape index (κ3) is 4.20. The maximum Gasteiger partial charge on any atom is 0.224 e. The first-order valence-electron chi connectivity index (χ1n) is 7.11. The lowest BCUT2D eigenvalue weighted by molar-refractivity contribution is -0.116. The van der Waals surface area contributed by atoms with Gasteiger partial charge in [0.05, 0.1) is 10.7 Å². The quantitative estimate of drug-likeness (QED) is 0.773. The van der Waals surface area contributed by atoms with Gasteiger partial charge in [-0.1, -0.05) is 0 Å². The molecule has 0 saturated carbocycles. The number of carbonyl (C=O) groups is 1. The van der Waals surface area contributed by atoms with Gasteiger partial charge in [-0.3, -0.25) is 9.78 Å². The number of aryl methyl sites for hydroxylation is 1. The Hall–Kier alpha value is -2.60. The van der Waals surface area contributed by atoms with Crippen molar-refractivity contribution in [3.63, 3.8) is 0 Å². The lowest BCUT2D eigenvalue weighted by Gasteiger charge is -2.04. The molecule has 0 saturated heterocycles. The molecule has 0 aliphatic heterocycles. The first kappa shape index (κ1) is 15.3. The second kappa shape index (κ2) is 7.11. The van der Waals surface area contributed by atoms with Crippen LogP contribution in [0.1, 0.15) is 11.4 Å². The number of benzene rings is 1. The smallest absolute Gasteiger partial charge is 0.224 e. The number of halogens is 1. The van der Waals surface area contributed by atoms with E-state index in [1.165, 1.54) is 35.6 Å². The molecule has 2 aromatic heterocycles. The Labute approximate surface area is 137 Å². The number of pyridine rings is 1. The number of nitrogens with one attached hydrogen (secondary N) is 1. The van der Waals surface area contributed by atoms with Gasteiger partial charge in [-0.25, -0.2) is 9.37 Å². The fourth-order valence-electron chi connectivity index (χ4n) is 2.05. The van der Waals surface area contributed by atoms with E-state index in [2.05, 4.69) is 15.3 Å². The topological polar surface area (TPSA) is 54.9 Å². The van der Waals surface area contributed by atoms with Crippen LogP contribution in [0, 0.1) is 5.82 Å². The second-order valence-electron chi connectivity index (χ2n) is 4.92. The minimum Gasteiger partial charge on any atom is -0.326 e. The number of anilines is 1. The third-order valence-electron chi connectivity index (χ3n) is 3.20. The molecule has 0 bridgehead atoms. The summed E-state index contributed by atoms with van der Waals surface area (Å²) < 4.78 is 12.8.